The summed E-state index contributed by atoms with van der Waals surface area (Å²) in [4.78, 5) is 0. The average molecular weight is 244 g/mol. The van der Waals surface area contributed by atoms with Crippen molar-refractivity contribution in [1.29, 1.82) is 0 Å². The molecule has 0 fully saturated rings. The fraction of sp³-hybridized carbons (Fsp3) is 0.538. The Bertz CT molecular complexity index is 397. The quantitative estimate of drug-likeness (QED) is 0.761. The average Bonchev–Trinajstić information content (AvgIpc) is 2.18. The molecule has 0 amide bonds. The van der Waals surface area contributed by atoms with Crippen molar-refractivity contribution in [2.45, 2.75) is 38.9 Å². The van der Waals surface area contributed by atoms with Crippen molar-refractivity contribution in [3.8, 4) is 11.5 Å². The van der Waals surface area contributed by atoms with Crippen molar-refractivity contribution >= 4 is 30.3 Å². The van der Waals surface area contributed by atoms with E-state index in [4.69, 9.17) is 9.16 Å². The maximum atomic E-state index is 6.26. The monoisotopic (exact) mass is 244 g/mol. The molecule has 1 aromatic rings. The minimum absolute atomic E-state index is 0.197. The molecule has 0 radical (unpaired) electrons. The van der Waals surface area contributed by atoms with Crippen LogP contribution in [0.5, 0.6) is 11.5 Å². The summed E-state index contributed by atoms with van der Waals surface area (Å²) in [6, 6.07) is 6.09. The Morgan fingerprint density at radius 3 is 2.18 bits per heavy atom. The van der Waals surface area contributed by atoms with Crippen molar-refractivity contribution in [1.82, 2.24) is 0 Å². The van der Waals surface area contributed by atoms with Crippen LogP contribution in [0, 0.1) is 0 Å². The van der Waals surface area contributed by atoms with Crippen LogP contribution in [0.3, 0.4) is 0 Å². The van der Waals surface area contributed by atoms with E-state index in [-0.39, 0.29) is 5.04 Å². The number of ether oxygens (including phenoxy) is 1. The predicted octanol–water partition coefficient (Wildman–Crippen LogP) is 2.87. The summed E-state index contributed by atoms with van der Waals surface area (Å²) < 4.78 is 12.8. The Kier molecular flexibility index (Phi) is 4.40. The van der Waals surface area contributed by atoms with E-state index in [1.165, 1.54) is 4.24 Å². The van der Waals surface area contributed by atoms with Gasteiger partial charge in [0.15, 0.2) is 0 Å². The number of hydrogen-bond acceptors (Lipinski definition) is 2. The van der Waals surface area contributed by atoms with Gasteiger partial charge in [-0.1, -0.05) is 0 Å². The van der Waals surface area contributed by atoms with Crippen molar-refractivity contribution in [3.63, 3.8) is 0 Å². The second-order valence-corrected chi connectivity index (χ2v) is 10.7. The molecule has 0 unspecified atom stereocenters. The number of hydrogen-bond donors (Lipinski definition) is 0. The third-order valence-electron chi connectivity index (χ3n) is 3.49. The van der Waals surface area contributed by atoms with Gasteiger partial charge in [-0.05, 0) is 0 Å². The van der Waals surface area contributed by atoms with Crippen LogP contribution < -0.4 is 13.4 Å². The van der Waals surface area contributed by atoms with E-state index in [0.717, 1.165) is 11.5 Å². The molecule has 17 heavy (non-hydrogen) atoms. The molecule has 0 saturated carbocycles. The first-order chi connectivity index (χ1) is 7.67. The summed E-state index contributed by atoms with van der Waals surface area (Å²) >= 11 is 2.05. The van der Waals surface area contributed by atoms with Crippen LogP contribution in [-0.2, 0) is 0 Å². The molecule has 0 spiro atoms. The summed E-state index contributed by atoms with van der Waals surface area (Å²) in [6.07, 6.45) is 0. The van der Waals surface area contributed by atoms with E-state index in [1.807, 2.05) is 12.1 Å². The van der Waals surface area contributed by atoms with Gasteiger partial charge in [0.1, 0.15) is 0 Å². The van der Waals surface area contributed by atoms with E-state index in [9.17, 15) is 0 Å². The first-order valence-corrected chi connectivity index (χ1v) is 8.92. The Morgan fingerprint density at radius 1 is 1.12 bits per heavy atom. The Balaban J connectivity index is 3.03. The summed E-state index contributed by atoms with van der Waals surface area (Å²) in [5, 5.41) is 0.197. The standard InChI is InChI=1S/C13H21O2Si.Li/c1-13(2,3)16(5,6)15-12-10-8-7-9-11(12)14-4;/h8-10H,1-6H3;. The molecular formula is C13H21LiO2Si. The van der Waals surface area contributed by atoms with Gasteiger partial charge < -0.3 is 0 Å². The normalized spacial score (nSPS) is 12.5. The fourth-order valence-corrected chi connectivity index (χ4v) is 2.31. The van der Waals surface area contributed by atoms with Gasteiger partial charge in [-0.2, -0.15) is 0 Å². The maximum absolute atomic E-state index is 6.26. The van der Waals surface area contributed by atoms with Crippen LogP contribution in [0.4, 0.5) is 0 Å². The van der Waals surface area contributed by atoms with Crippen LogP contribution in [0.1, 0.15) is 20.8 Å². The van der Waals surface area contributed by atoms with E-state index < -0.39 is 8.32 Å². The zero-order chi connectivity index (χ0) is 13.3. The number of methoxy groups -OCH3 is 1. The number of benzene rings is 1. The number of rotatable bonds is 3. The molecule has 0 aliphatic heterocycles. The van der Waals surface area contributed by atoms with Gasteiger partial charge >= 0.3 is 115 Å². The van der Waals surface area contributed by atoms with Crippen molar-refractivity contribution in [2.24, 2.45) is 0 Å². The molecule has 90 valence electrons. The molecule has 1 aromatic carbocycles. The van der Waals surface area contributed by atoms with E-state index in [0.29, 0.717) is 0 Å². The first-order valence-electron chi connectivity index (χ1n) is 6.01. The Hall–Kier alpha value is -0.366. The first kappa shape index (κ1) is 14.7. The second-order valence-electron chi connectivity index (χ2n) is 6.02. The third-order valence-corrected chi connectivity index (χ3v) is 7.83. The van der Waals surface area contributed by atoms with E-state index in [2.05, 4.69) is 57.6 Å². The molecule has 0 bridgehead atoms. The van der Waals surface area contributed by atoms with Crippen LogP contribution in [-0.4, -0.2) is 33.1 Å². The molecule has 0 aromatic heterocycles. The Morgan fingerprint density at radius 2 is 1.71 bits per heavy atom. The molecular weight excluding hydrogens is 223 g/mol. The topological polar surface area (TPSA) is 18.5 Å². The van der Waals surface area contributed by atoms with Crippen molar-refractivity contribution in [3.05, 3.63) is 18.2 Å². The van der Waals surface area contributed by atoms with Gasteiger partial charge in [0, 0.05) is 0 Å². The molecule has 0 saturated heterocycles. The molecule has 2 nitrogen and oxygen atoms in total. The SMILES string of the molecule is [Li][c]1ccc(O[Si](C)(C)C(C)(C)C)c(OC)c1. The van der Waals surface area contributed by atoms with E-state index in [1.54, 1.807) is 7.11 Å². The van der Waals surface area contributed by atoms with Gasteiger partial charge in [0.25, 0.3) is 0 Å². The van der Waals surface area contributed by atoms with Crippen LogP contribution in [0.15, 0.2) is 18.2 Å². The van der Waals surface area contributed by atoms with Crippen LogP contribution in [0.25, 0.3) is 0 Å². The minimum atomic E-state index is -1.79. The van der Waals surface area contributed by atoms with Gasteiger partial charge in [-0.3, -0.25) is 0 Å². The molecule has 1 rings (SSSR count). The third kappa shape index (κ3) is 3.54. The molecule has 0 N–H and O–H groups in total. The van der Waals surface area contributed by atoms with Crippen molar-refractivity contribution in [2.75, 3.05) is 7.11 Å². The molecule has 0 heterocycles. The second kappa shape index (κ2) is 5.10. The van der Waals surface area contributed by atoms with Gasteiger partial charge in [0.2, 0.25) is 0 Å². The Labute approximate surface area is 115 Å². The van der Waals surface area contributed by atoms with Gasteiger partial charge in [-0.25, -0.2) is 0 Å². The predicted molar refractivity (Wildman–Crippen MR) is 76.2 cm³/mol. The van der Waals surface area contributed by atoms with Crippen LogP contribution in [0.2, 0.25) is 18.1 Å². The summed E-state index contributed by atoms with van der Waals surface area (Å²) in [6.45, 7) is 11.2. The molecule has 0 aliphatic rings. The fourth-order valence-electron chi connectivity index (χ4n) is 1.29. The van der Waals surface area contributed by atoms with Gasteiger partial charge in [0.05, 0.1) is 0 Å². The van der Waals surface area contributed by atoms with Gasteiger partial charge in [-0.15, -0.1) is 0 Å². The zero-order valence-corrected chi connectivity index (χ0v) is 13.0. The summed E-state index contributed by atoms with van der Waals surface area (Å²) in [5.74, 6) is 1.69. The summed E-state index contributed by atoms with van der Waals surface area (Å²) in [7, 11) is -0.103. The van der Waals surface area contributed by atoms with Crippen LogP contribution >= 0.6 is 0 Å². The summed E-state index contributed by atoms with van der Waals surface area (Å²) in [5.41, 5.74) is 0. The molecule has 0 aliphatic carbocycles. The molecule has 0 atom stereocenters. The van der Waals surface area contributed by atoms with E-state index >= 15 is 0 Å². The zero-order valence-electron chi connectivity index (χ0n) is 12.0. The van der Waals surface area contributed by atoms with Crippen molar-refractivity contribution < 1.29 is 9.16 Å². The molecule has 4 heteroatoms.